The predicted octanol–water partition coefficient (Wildman–Crippen LogP) is 12.2. The molecule has 432 valence electrons. The lowest BCUT2D eigenvalue weighted by atomic mass is 9.57. The average Bonchev–Trinajstić information content (AvgIpc) is 3.79. The lowest BCUT2D eigenvalue weighted by Crippen LogP contribution is -2.68. The Hall–Kier alpha value is -6.67. The number of carboxylic acids is 1. The third-order valence-electron chi connectivity index (χ3n) is 15.5. The summed E-state index contributed by atoms with van der Waals surface area (Å²) in [5, 5.41) is 28.2. The summed E-state index contributed by atoms with van der Waals surface area (Å²) in [5.74, 6) is -7.33. The SMILES string of the molecule is C=CCN(CCC)C(Cc1c(F)c2c(c(OCc3ccccc3)c1N(C(=O)OC(C)(C)C)C(=O)OC(C)(C)C)C(O)=C1C(=O)C3(O[Si](C)(C)C(C)(C)C)C(=O)c4c(OCc5ccccc5)noc4[C@@H](N(C)CC)[C@@H]3C[C@@H]1C2)C(=O)O. The number of hydrogen-bond donors (Lipinski definition) is 2. The second-order valence-electron chi connectivity index (χ2n) is 24.5. The number of halogens is 1. The molecule has 3 aromatic carbocycles. The second-order valence-corrected chi connectivity index (χ2v) is 29.2. The molecule has 0 spiro atoms. The zero-order valence-corrected chi connectivity index (χ0v) is 49.8. The van der Waals surface area contributed by atoms with Crippen molar-refractivity contribution in [2.75, 3.05) is 31.6 Å². The molecule has 7 rings (SSSR count). The summed E-state index contributed by atoms with van der Waals surface area (Å²) in [7, 11) is -1.40. The maximum atomic E-state index is 18.9. The number of anilines is 1. The van der Waals surface area contributed by atoms with Crippen molar-refractivity contribution in [3.63, 3.8) is 0 Å². The van der Waals surface area contributed by atoms with E-state index in [9.17, 15) is 24.6 Å². The van der Waals surface area contributed by atoms with Gasteiger partial charge in [0.05, 0.1) is 11.6 Å². The van der Waals surface area contributed by atoms with Gasteiger partial charge in [-0.3, -0.25) is 24.2 Å². The highest BCUT2D eigenvalue weighted by Gasteiger charge is 2.69. The molecule has 0 bridgehead atoms. The van der Waals surface area contributed by atoms with E-state index in [4.69, 9.17) is 27.9 Å². The summed E-state index contributed by atoms with van der Waals surface area (Å²) < 4.78 is 57.2. The summed E-state index contributed by atoms with van der Waals surface area (Å²) in [6.45, 7) is 27.2. The van der Waals surface area contributed by atoms with Crippen LogP contribution in [-0.4, -0.2) is 113 Å². The van der Waals surface area contributed by atoms with Crippen molar-refractivity contribution >= 4 is 49.5 Å². The van der Waals surface area contributed by atoms with Crippen molar-refractivity contribution in [1.29, 1.82) is 0 Å². The summed E-state index contributed by atoms with van der Waals surface area (Å²) in [6.07, 6.45) is -1.66. The monoisotopic (exact) mass is 1120 g/mol. The lowest BCUT2D eigenvalue weighted by molar-refractivity contribution is -0.143. The number of imide groups is 1. The van der Waals surface area contributed by atoms with Gasteiger partial charge in [0.1, 0.15) is 53.3 Å². The van der Waals surface area contributed by atoms with Crippen molar-refractivity contribution in [2.24, 2.45) is 11.8 Å². The molecule has 17 nitrogen and oxygen atoms in total. The Bertz CT molecular complexity index is 3000. The molecule has 3 aliphatic carbocycles. The maximum absolute atomic E-state index is 18.9. The number of amides is 2. The first kappa shape index (κ1) is 61.0. The first-order chi connectivity index (χ1) is 37.4. The van der Waals surface area contributed by atoms with Gasteiger partial charge in [0, 0.05) is 35.6 Å². The number of Topliss-reactive ketones (excluding diaryl/α,β-unsaturated/α-hetero) is 2. The Morgan fingerprint density at radius 2 is 1.45 bits per heavy atom. The Balaban J connectivity index is 1.60. The van der Waals surface area contributed by atoms with Crippen LogP contribution in [0.3, 0.4) is 0 Å². The lowest BCUT2D eigenvalue weighted by Gasteiger charge is -2.55. The number of carbonyl (C=O) groups excluding carboxylic acids is 4. The fraction of sp³-hybridized carbons (Fsp3) is 0.508. The van der Waals surface area contributed by atoms with E-state index >= 15 is 14.0 Å². The molecule has 1 aromatic heterocycles. The number of aliphatic hydroxyl groups excluding tert-OH is 1. The minimum absolute atomic E-state index is 0.00297. The van der Waals surface area contributed by atoms with Crippen LogP contribution in [0.5, 0.6) is 11.6 Å². The van der Waals surface area contributed by atoms with E-state index in [2.05, 4.69) is 11.7 Å². The van der Waals surface area contributed by atoms with E-state index in [1.54, 1.807) is 76.8 Å². The van der Waals surface area contributed by atoms with Gasteiger partial charge < -0.3 is 38.1 Å². The van der Waals surface area contributed by atoms with Crippen molar-refractivity contribution in [3.8, 4) is 11.6 Å². The zero-order valence-electron chi connectivity index (χ0n) is 48.8. The fourth-order valence-corrected chi connectivity index (χ4v) is 12.2. The van der Waals surface area contributed by atoms with Crippen LogP contribution in [0.15, 0.2) is 83.4 Å². The van der Waals surface area contributed by atoms with Gasteiger partial charge in [-0.25, -0.2) is 14.0 Å². The molecular weight excluding hydrogens is 1040 g/mol. The van der Waals surface area contributed by atoms with Crippen LogP contribution in [-0.2, 0) is 49.5 Å². The van der Waals surface area contributed by atoms with Crippen LogP contribution in [0.25, 0.3) is 5.76 Å². The van der Waals surface area contributed by atoms with Crippen LogP contribution >= 0.6 is 0 Å². The summed E-state index contributed by atoms with van der Waals surface area (Å²) in [5.41, 5.74) is -5.55. The molecule has 19 heteroatoms. The van der Waals surface area contributed by atoms with Crippen molar-refractivity contribution in [3.05, 3.63) is 124 Å². The molecule has 4 aromatic rings. The van der Waals surface area contributed by atoms with Gasteiger partial charge in [-0.05, 0) is 121 Å². The van der Waals surface area contributed by atoms with Gasteiger partial charge >= 0.3 is 18.2 Å². The first-order valence-electron chi connectivity index (χ1n) is 27.4. The number of carboxylic acid groups (broad SMARTS) is 1. The van der Waals surface area contributed by atoms with Gasteiger partial charge in [0.25, 0.3) is 5.88 Å². The number of carbonyl (C=O) groups is 5. The molecule has 2 amide bonds. The second kappa shape index (κ2) is 23.4. The fourth-order valence-electron chi connectivity index (χ4n) is 10.7. The number of fused-ring (bicyclic) bond motifs is 4. The van der Waals surface area contributed by atoms with Crippen molar-refractivity contribution in [2.45, 2.75) is 162 Å². The van der Waals surface area contributed by atoms with Crippen LogP contribution < -0.4 is 14.4 Å². The number of rotatable bonds is 19. The topological polar surface area (TPSA) is 208 Å². The van der Waals surface area contributed by atoms with Gasteiger partial charge in [0.2, 0.25) is 11.6 Å². The van der Waals surface area contributed by atoms with E-state index in [0.717, 1.165) is 5.56 Å². The number of benzene rings is 3. The number of aromatic nitrogens is 1. The number of aliphatic hydroxyl groups is 1. The van der Waals surface area contributed by atoms with Crippen molar-refractivity contribution < 1.29 is 66.5 Å². The normalized spacial score (nSPS) is 19.6. The van der Waals surface area contributed by atoms with E-state index in [1.807, 2.05) is 90.0 Å². The minimum atomic E-state index is -3.23. The van der Waals surface area contributed by atoms with E-state index in [1.165, 1.54) is 6.08 Å². The predicted molar refractivity (Wildman–Crippen MR) is 303 cm³/mol. The molecule has 3 aliphatic rings. The summed E-state index contributed by atoms with van der Waals surface area (Å²) >= 11 is 0. The number of aliphatic carboxylic acids is 1. The van der Waals surface area contributed by atoms with Gasteiger partial charge in [-0.1, -0.05) is 101 Å². The summed E-state index contributed by atoms with van der Waals surface area (Å²) in [4.78, 5) is 80.2. The van der Waals surface area contributed by atoms with E-state index in [0.29, 0.717) is 23.4 Å². The largest absolute Gasteiger partial charge is 0.507 e. The highest BCUT2D eigenvalue weighted by Crippen LogP contribution is 2.60. The molecule has 1 fully saturated rings. The standard InChI is InChI=1S/C61H79FN4O13Si/c1-16-29-65(30-17-2)42(55(70)71)33-40-46(62)39-31-38-32-41-48(64(13)18-3)51-45(54(63-78-51)75-35-37-27-23-20-24-28-37)53(69)61(41,79-80(14,15)60(10,11)12)52(68)43(38)49(67)44(39)50(74-34-36-25-21-19-22-26-36)47(40)66(56(72)76-58(4,5)6)57(73)77-59(7,8)9/h16,19-28,38,41-42,48,67H,1,17-18,29-35H2,2-15H3,(H,70,71)/t38-,41-,42?,48-,61?/m0/s1. The number of ketones is 2. The number of nitrogens with zero attached hydrogens (tertiary/aromatic N) is 4. The third-order valence-corrected chi connectivity index (χ3v) is 19.9. The number of hydrogen-bond acceptors (Lipinski definition) is 15. The molecule has 5 atom stereocenters. The Morgan fingerprint density at radius 1 is 0.887 bits per heavy atom. The first-order valence-corrected chi connectivity index (χ1v) is 30.3. The Morgan fingerprint density at radius 3 is 1.95 bits per heavy atom. The maximum Gasteiger partial charge on any atom is 0.424 e. The van der Waals surface area contributed by atoms with Crippen LogP contribution in [0.1, 0.15) is 139 Å². The molecule has 0 saturated heterocycles. The van der Waals surface area contributed by atoms with Crippen molar-refractivity contribution in [1.82, 2.24) is 15.0 Å². The molecule has 1 saturated carbocycles. The molecule has 2 unspecified atom stereocenters. The highest BCUT2D eigenvalue weighted by molar-refractivity contribution is 6.74. The minimum Gasteiger partial charge on any atom is -0.507 e. The molecule has 2 N–H and O–H groups in total. The molecular formula is C61H79FN4O13Si. The third kappa shape index (κ3) is 12.0. The van der Waals surface area contributed by atoms with Gasteiger partial charge in [-0.2, -0.15) is 4.90 Å². The average molecular weight is 1120 g/mol. The summed E-state index contributed by atoms with van der Waals surface area (Å²) in [6, 6.07) is 15.7. The van der Waals surface area contributed by atoms with Crippen LogP contribution in [0.2, 0.25) is 18.1 Å². The quantitative estimate of drug-likeness (QED) is 0.0508. The molecule has 0 aliphatic heterocycles. The van der Waals surface area contributed by atoms with E-state index in [-0.39, 0.29) is 67.5 Å². The molecule has 1 heterocycles. The highest BCUT2D eigenvalue weighted by atomic mass is 28.4. The van der Waals surface area contributed by atoms with Crippen LogP contribution in [0, 0.1) is 17.7 Å². The van der Waals surface area contributed by atoms with Gasteiger partial charge in [-0.15, -0.1) is 6.58 Å². The Kier molecular flexibility index (Phi) is 17.9. The number of ether oxygens (including phenoxy) is 4. The molecule has 80 heavy (non-hydrogen) atoms. The zero-order chi connectivity index (χ0) is 59.0. The van der Waals surface area contributed by atoms with Gasteiger partial charge in [0.15, 0.2) is 25.4 Å². The van der Waals surface area contributed by atoms with Crippen LogP contribution in [0.4, 0.5) is 19.7 Å². The molecule has 0 radical (unpaired) electrons. The van der Waals surface area contributed by atoms with E-state index < -0.39 is 124 Å². The smallest absolute Gasteiger partial charge is 0.424 e. The Labute approximate surface area is 470 Å².